The second kappa shape index (κ2) is 10.3. The highest BCUT2D eigenvalue weighted by Crippen LogP contribution is 2.37. The van der Waals surface area contributed by atoms with Crippen molar-refractivity contribution in [3.05, 3.63) is 78.0 Å². The Morgan fingerprint density at radius 2 is 1.89 bits per heavy atom. The highest BCUT2D eigenvalue weighted by Gasteiger charge is 2.39. The van der Waals surface area contributed by atoms with Gasteiger partial charge < -0.3 is 9.64 Å². The van der Waals surface area contributed by atoms with Crippen LogP contribution in [0, 0.1) is 5.92 Å². The average molecular weight is 509 g/mol. The summed E-state index contributed by atoms with van der Waals surface area (Å²) in [7, 11) is -4.24. The highest BCUT2D eigenvalue weighted by molar-refractivity contribution is 7.90. The van der Waals surface area contributed by atoms with E-state index in [1.54, 1.807) is 30.5 Å². The number of pyridine rings is 2. The SMILES string of the molecule is CC1CN(c2ncccc2C(=O)NS(=O)(=O)c2cccc(OC(C)Cc3ccccc3)n2)C(C)(C)C1. The number of anilines is 1. The van der Waals surface area contributed by atoms with Crippen molar-refractivity contribution in [2.24, 2.45) is 5.92 Å². The summed E-state index contributed by atoms with van der Waals surface area (Å²) in [5, 5.41) is -0.291. The van der Waals surface area contributed by atoms with Crippen LogP contribution in [0.25, 0.3) is 0 Å². The molecule has 0 saturated carbocycles. The van der Waals surface area contributed by atoms with Gasteiger partial charge >= 0.3 is 0 Å². The van der Waals surface area contributed by atoms with Crippen LogP contribution in [-0.2, 0) is 16.4 Å². The van der Waals surface area contributed by atoms with Crippen molar-refractivity contribution in [2.45, 2.75) is 57.2 Å². The minimum atomic E-state index is -4.24. The van der Waals surface area contributed by atoms with Gasteiger partial charge in [0.05, 0.1) is 5.56 Å². The lowest BCUT2D eigenvalue weighted by Gasteiger charge is -2.33. The summed E-state index contributed by atoms with van der Waals surface area (Å²) in [4.78, 5) is 23.8. The Morgan fingerprint density at radius 3 is 2.58 bits per heavy atom. The molecular formula is C27H32N4O4S. The molecule has 3 heterocycles. The van der Waals surface area contributed by atoms with Gasteiger partial charge in [-0.25, -0.2) is 9.71 Å². The second-order valence-corrected chi connectivity index (χ2v) is 11.6. The quantitative estimate of drug-likeness (QED) is 0.486. The van der Waals surface area contributed by atoms with E-state index in [1.807, 2.05) is 37.3 Å². The second-order valence-electron chi connectivity index (χ2n) is 9.97. The number of amides is 1. The van der Waals surface area contributed by atoms with Crippen LogP contribution in [-0.4, -0.2) is 42.5 Å². The topological polar surface area (TPSA) is 101 Å². The molecule has 9 heteroatoms. The van der Waals surface area contributed by atoms with Crippen molar-refractivity contribution in [3.8, 4) is 5.88 Å². The van der Waals surface area contributed by atoms with Crippen LogP contribution in [0.15, 0.2) is 71.9 Å². The van der Waals surface area contributed by atoms with E-state index in [0.717, 1.165) is 18.5 Å². The van der Waals surface area contributed by atoms with Gasteiger partial charge in [0.25, 0.3) is 15.9 Å². The minimum absolute atomic E-state index is 0.170. The zero-order valence-corrected chi connectivity index (χ0v) is 21.8. The van der Waals surface area contributed by atoms with Crippen LogP contribution in [0.5, 0.6) is 5.88 Å². The van der Waals surface area contributed by atoms with Crippen LogP contribution >= 0.6 is 0 Å². The summed E-state index contributed by atoms with van der Waals surface area (Å²) in [5.74, 6) is 0.319. The number of nitrogens with zero attached hydrogens (tertiary/aromatic N) is 3. The largest absolute Gasteiger partial charge is 0.474 e. The third kappa shape index (κ3) is 5.84. The van der Waals surface area contributed by atoms with Crippen LogP contribution in [0.1, 0.15) is 50.0 Å². The molecule has 1 saturated heterocycles. The first-order valence-corrected chi connectivity index (χ1v) is 13.5. The van der Waals surface area contributed by atoms with E-state index < -0.39 is 15.9 Å². The summed E-state index contributed by atoms with van der Waals surface area (Å²) >= 11 is 0. The third-order valence-corrected chi connectivity index (χ3v) is 7.48. The molecule has 1 N–H and O–H groups in total. The Labute approximate surface area is 212 Å². The van der Waals surface area contributed by atoms with Crippen molar-refractivity contribution < 1.29 is 17.9 Å². The van der Waals surface area contributed by atoms with Gasteiger partial charge in [0.1, 0.15) is 11.9 Å². The Hall–Kier alpha value is -3.46. The zero-order valence-electron chi connectivity index (χ0n) is 21.0. The smallest absolute Gasteiger partial charge is 0.281 e. The fourth-order valence-corrected chi connectivity index (χ4v) is 5.71. The van der Waals surface area contributed by atoms with Gasteiger partial charge in [-0.1, -0.05) is 43.3 Å². The standard InChI is InChI=1S/C27H32N4O4S/c1-19-17-27(3,4)31(18-19)25-22(12-9-15-28-25)26(32)30-36(33,34)24-14-8-13-23(29-24)35-20(2)16-21-10-6-5-7-11-21/h5-15,19-20H,16-18H2,1-4H3,(H,30,32). The van der Waals surface area contributed by atoms with Crippen molar-refractivity contribution in [2.75, 3.05) is 11.4 Å². The average Bonchev–Trinajstić information content (AvgIpc) is 3.11. The van der Waals surface area contributed by atoms with Gasteiger partial charge in [0.2, 0.25) is 5.88 Å². The first kappa shape index (κ1) is 25.6. The summed E-state index contributed by atoms with van der Waals surface area (Å²) in [5.41, 5.74) is 1.10. The first-order valence-electron chi connectivity index (χ1n) is 12.0. The monoisotopic (exact) mass is 508 g/mol. The van der Waals surface area contributed by atoms with Crippen molar-refractivity contribution in [1.29, 1.82) is 0 Å². The third-order valence-electron chi connectivity index (χ3n) is 6.25. The highest BCUT2D eigenvalue weighted by atomic mass is 32.2. The van der Waals surface area contributed by atoms with Gasteiger partial charge in [0, 0.05) is 30.8 Å². The summed E-state index contributed by atoms with van der Waals surface area (Å²) in [6.07, 6.45) is 2.98. The van der Waals surface area contributed by atoms with Gasteiger partial charge in [0.15, 0.2) is 5.03 Å². The molecule has 3 aromatic rings. The number of benzene rings is 1. The zero-order chi connectivity index (χ0) is 25.9. The normalized spacial score (nSPS) is 18.0. The first-order chi connectivity index (χ1) is 17.0. The maximum atomic E-state index is 13.2. The van der Waals surface area contributed by atoms with Crippen LogP contribution in [0.3, 0.4) is 0 Å². The van der Waals surface area contributed by atoms with Gasteiger partial charge in [-0.15, -0.1) is 0 Å². The molecule has 1 aromatic carbocycles. The number of rotatable bonds is 8. The van der Waals surface area contributed by atoms with Gasteiger partial charge in [-0.05, 0) is 56.9 Å². The number of aromatic nitrogens is 2. The lowest BCUT2D eigenvalue weighted by Crippen LogP contribution is -2.41. The molecule has 2 atom stereocenters. The molecular weight excluding hydrogens is 476 g/mol. The predicted molar refractivity (Wildman–Crippen MR) is 139 cm³/mol. The number of sulfonamides is 1. The molecule has 1 fully saturated rings. The van der Waals surface area contributed by atoms with E-state index in [-0.39, 0.29) is 28.1 Å². The van der Waals surface area contributed by atoms with E-state index in [2.05, 4.69) is 40.4 Å². The summed E-state index contributed by atoms with van der Waals surface area (Å²) in [6, 6.07) is 17.5. The number of carbonyl (C=O) groups excluding carboxylic acids is 1. The van der Waals surface area contributed by atoms with Crippen LogP contribution < -0.4 is 14.4 Å². The molecule has 2 aromatic heterocycles. The Bertz CT molecular complexity index is 1330. The van der Waals surface area contributed by atoms with E-state index >= 15 is 0 Å². The van der Waals surface area contributed by atoms with E-state index in [9.17, 15) is 13.2 Å². The maximum absolute atomic E-state index is 13.2. The van der Waals surface area contributed by atoms with Crippen molar-refractivity contribution >= 4 is 21.7 Å². The van der Waals surface area contributed by atoms with Crippen molar-refractivity contribution in [3.63, 3.8) is 0 Å². The lowest BCUT2D eigenvalue weighted by atomic mass is 9.97. The fraction of sp³-hybridized carbons (Fsp3) is 0.370. The summed E-state index contributed by atoms with van der Waals surface area (Å²) in [6.45, 7) is 8.97. The Balaban J connectivity index is 1.50. The number of ether oxygens (including phenoxy) is 1. The molecule has 2 unspecified atom stereocenters. The van der Waals surface area contributed by atoms with Crippen molar-refractivity contribution in [1.82, 2.24) is 14.7 Å². The maximum Gasteiger partial charge on any atom is 0.281 e. The van der Waals surface area contributed by atoms with E-state index in [0.29, 0.717) is 18.2 Å². The number of carbonyl (C=O) groups is 1. The van der Waals surface area contributed by atoms with Gasteiger partial charge in [-0.2, -0.15) is 13.4 Å². The number of hydrogen-bond acceptors (Lipinski definition) is 7. The molecule has 0 radical (unpaired) electrons. The van der Waals surface area contributed by atoms with E-state index in [1.165, 1.54) is 6.07 Å². The number of nitrogens with one attached hydrogen (secondary N) is 1. The molecule has 0 spiro atoms. The number of hydrogen-bond donors (Lipinski definition) is 1. The van der Waals surface area contributed by atoms with E-state index in [4.69, 9.17) is 4.74 Å². The van der Waals surface area contributed by atoms with Gasteiger partial charge in [-0.3, -0.25) is 4.79 Å². The molecule has 0 bridgehead atoms. The lowest BCUT2D eigenvalue weighted by molar-refractivity contribution is 0.0981. The fourth-order valence-electron chi connectivity index (χ4n) is 4.78. The predicted octanol–water partition coefficient (Wildman–Crippen LogP) is 4.23. The van der Waals surface area contributed by atoms with Crippen LogP contribution in [0.2, 0.25) is 0 Å². The molecule has 1 aliphatic heterocycles. The Kier molecular flexibility index (Phi) is 7.31. The van der Waals surface area contributed by atoms with Crippen LogP contribution in [0.4, 0.5) is 5.82 Å². The molecule has 8 nitrogen and oxygen atoms in total. The molecule has 36 heavy (non-hydrogen) atoms. The molecule has 4 rings (SSSR count). The minimum Gasteiger partial charge on any atom is -0.474 e. The summed E-state index contributed by atoms with van der Waals surface area (Å²) < 4.78 is 34.2. The Morgan fingerprint density at radius 1 is 1.14 bits per heavy atom. The molecule has 1 aliphatic rings. The molecule has 190 valence electrons. The molecule has 1 amide bonds. The molecule has 0 aliphatic carbocycles.